The Morgan fingerprint density at radius 1 is 1.32 bits per heavy atom. The molecule has 0 bridgehead atoms. The van der Waals surface area contributed by atoms with Crippen LogP contribution in [0.5, 0.6) is 0 Å². The maximum atomic E-state index is 12.5. The second kappa shape index (κ2) is 9.62. The van der Waals surface area contributed by atoms with Gasteiger partial charge in [0.1, 0.15) is 23.9 Å². The highest BCUT2D eigenvalue weighted by Crippen LogP contribution is 2.32. The van der Waals surface area contributed by atoms with E-state index in [4.69, 9.17) is 4.74 Å². The Balaban J connectivity index is 1.51. The van der Waals surface area contributed by atoms with E-state index in [9.17, 15) is 25.3 Å². The Kier molecular flexibility index (Phi) is 6.45. The van der Waals surface area contributed by atoms with Gasteiger partial charge in [-0.3, -0.25) is 10.1 Å². The number of aliphatic hydroxyl groups is 1. The molecule has 0 spiro atoms. The molecule has 2 aromatic carbocycles. The number of aliphatic hydroxyl groups excluding tert-OH is 1. The molecule has 0 amide bonds. The molecule has 10 heteroatoms. The molecule has 2 N–H and O–H groups in total. The number of aromatic nitrogens is 2. The van der Waals surface area contributed by atoms with Crippen molar-refractivity contribution in [2.45, 2.75) is 19.8 Å². The maximum absolute atomic E-state index is 12.5. The Morgan fingerprint density at radius 2 is 2.06 bits per heavy atom. The van der Waals surface area contributed by atoms with Gasteiger partial charge in [-0.2, -0.15) is 5.26 Å². The fourth-order valence-corrected chi connectivity index (χ4v) is 3.93. The summed E-state index contributed by atoms with van der Waals surface area (Å²) < 4.78 is 5.13. The molecular weight excluding hydrogens is 438 g/mol. The van der Waals surface area contributed by atoms with Crippen molar-refractivity contribution in [3.63, 3.8) is 0 Å². The zero-order valence-corrected chi connectivity index (χ0v) is 18.5. The van der Waals surface area contributed by atoms with Gasteiger partial charge >= 0.3 is 5.97 Å². The lowest BCUT2D eigenvalue weighted by molar-refractivity contribution is -0.384. The fourth-order valence-electron chi connectivity index (χ4n) is 3.93. The van der Waals surface area contributed by atoms with Gasteiger partial charge in [0.05, 0.1) is 21.5 Å². The van der Waals surface area contributed by atoms with Gasteiger partial charge in [-0.15, -0.1) is 0 Å². The highest BCUT2D eigenvalue weighted by molar-refractivity contribution is 5.92. The summed E-state index contributed by atoms with van der Waals surface area (Å²) >= 11 is 0. The first-order chi connectivity index (χ1) is 16.4. The number of esters is 1. The van der Waals surface area contributed by atoms with Crippen LogP contribution in [0.15, 0.2) is 48.2 Å². The number of H-pyrrole nitrogens is 1. The molecule has 0 atom stereocenters. The van der Waals surface area contributed by atoms with Gasteiger partial charge < -0.3 is 19.7 Å². The number of para-hydroxylation sites is 2. The number of carbonyl (C=O) groups excluding carboxylic acids is 1. The molecule has 34 heavy (non-hydrogen) atoms. The van der Waals surface area contributed by atoms with E-state index in [1.807, 2.05) is 11.0 Å². The molecule has 0 aliphatic carbocycles. The average molecular weight is 461 g/mol. The van der Waals surface area contributed by atoms with Crippen molar-refractivity contribution in [3.05, 3.63) is 69.7 Å². The van der Waals surface area contributed by atoms with Crippen LogP contribution in [-0.2, 0) is 4.74 Å². The van der Waals surface area contributed by atoms with Gasteiger partial charge in [-0.05, 0) is 43.0 Å². The normalized spacial score (nSPS) is 15.0. The number of hydrogen-bond acceptors (Lipinski definition) is 8. The lowest BCUT2D eigenvalue weighted by atomic mass is 9.98. The first kappa shape index (κ1) is 22.8. The topological polar surface area (TPSA) is 145 Å². The van der Waals surface area contributed by atoms with Gasteiger partial charge in [0.15, 0.2) is 11.6 Å². The quantitative estimate of drug-likeness (QED) is 0.181. The zero-order valence-electron chi connectivity index (χ0n) is 18.5. The summed E-state index contributed by atoms with van der Waals surface area (Å²) in [6.45, 7) is 2.99. The lowest BCUT2D eigenvalue weighted by Gasteiger charge is -2.31. The van der Waals surface area contributed by atoms with Crippen LogP contribution < -0.4 is 4.90 Å². The van der Waals surface area contributed by atoms with Crippen molar-refractivity contribution >= 4 is 34.0 Å². The summed E-state index contributed by atoms with van der Waals surface area (Å²) in [6, 6.07) is 13.2. The van der Waals surface area contributed by atoms with Gasteiger partial charge in [0.25, 0.3) is 5.69 Å². The predicted octanol–water partition coefficient (Wildman–Crippen LogP) is 4.36. The molecular formula is C24H23N5O5. The number of aromatic amines is 1. The van der Waals surface area contributed by atoms with E-state index in [2.05, 4.69) is 16.9 Å². The number of benzene rings is 2. The Hall–Kier alpha value is -4.39. The summed E-state index contributed by atoms with van der Waals surface area (Å²) in [4.78, 5) is 32.8. The molecule has 1 aliphatic heterocycles. The number of imidazole rings is 1. The number of carbonyl (C=O) groups is 1. The van der Waals surface area contributed by atoms with E-state index in [0.29, 0.717) is 35.7 Å². The monoisotopic (exact) mass is 461 g/mol. The van der Waals surface area contributed by atoms with Gasteiger partial charge in [-0.25, -0.2) is 9.78 Å². The smallest absolute Gasteiger partial charge is 0.338 e. The molecule has 2 heterocycles. The number of piperidine rings is 1. The number of nitro groups is 1. The van der Waals surface area contributed by atoms with Crippen molar-refractivity contribution in [3.8, 4) is 6.07 Å². The second-order valence-corrected chi connectivity index (χ2v) is 8.24. The van der Waals surface area contributed by atoms with E-state index in [1.54, 1.807) is 30.3 Å². The highest BCUT2D eigenvalue weighted by Gasteiger charge is 2.25. The standard InChI is InChI=1S/C24H23N5O5/c1-15-8-10-28(11-9-15)20-7-6-16(12-21(20)29(32)33)24(31)34-14-22(30)17(13-25)23-26-18-4-2-3-5-19(18)27-23/h2-7,12,15,30H,8-11,14H2,1H3,(H,26,27)/b22-17-. The van der Waals surface area contributed by atoms with E-state index in [1.165, 1.54) is 12.1 Å². The number of nitrogens with one attached hydrogen (secondary N) is 1. The minimum atomic E-state index is -0.852. The SMILES string of the molecule is CC1CCN(c2ccc(C(=O)OC/C(O)=C(\C#N)c3nc4ccccc4[nH]3)cc2[N+](=O)[O-])CC1. The predicted molar refractivity (Wildman–Crippen MR) is 125 cm³/mol. The van der Waals surface area contributed by atoms with E-state index in [0.717, 1.165) is 12.8 Å². The number of nitro benzene ring substituents is 1. The number of nitriles is 1. The number of ether oxygens (including phenoxy) is 1. The Labute approximate surface area is 195 Å². The van der Waals surface area contributed by atoms with Crippen molar-refractivity contribution < 1.29 is 19.6 Å². The molecule has 0 unspecified atom stereocenters. The fraction of sp³-hybridized carbons (Fsp3) is 0.292. The van der Waals surface area contributed by atoms with Crippen LogP contribution in [0.1, 0.15) is 35.9 Å². The Morgan fingerprint density at radius 3 is 2.74 bits per heavy atom. The molecule has 1 aliphatic rings. The van der Waals surface area contributed by atoms with Gasteiger partial charge in [0.2, 0.25) is 0 Å². The second-order valence-electron chi connectivity index (χ2n) is 8.24. The van der Waals surface area contributed by atoms with E-state index in [-0.39, 0.29) is 22.6 Å². The molecule has 174 valence electrons. The van der Waals surface area contributed by atoms with Crippen molar-refractivity contribution in [1.29, 1.82) is 5.26 Å². The summed E-state index contributed by atoms with van der Waals surface area (Å²) in [5.41, 5.74) is 1.41. The number of allylic oxidation sites excluding steroid dienone is 1. The molecule has 4 rings (SSSR count). The molecule has 1 aromatic heterocycles. The lowest BCUT2D eigenvalue weighted by Crippen LogP contribution is -2.33. The maximum Gasteiger partial charge on any atom is 0.338 e. The van der Waals surface area contributed by atoms with E-state index < -0.39 is 23.3 Å². The van der Waals surface area contributed by atoms with Crippen LogP contribution in [0.25, 0.3) is 16.6 Å². The van der Waals surface area contributed by atoms with Crippen molar-refractivity contribution in [2.24, 2.45) is 5.92 Å². The largest absolute Gasteiger partial charge is 0.507 e. The number of hydrogen-bond donors (Lipinski definition) is 2. The molecule has 1 fully saturated rings. The van der Waals surface area contributed by atoms with Crippen LogP contribution in [0.3, 0.4) is 0 Å². The van der Waals surface area contributed by atoms with Crippen molar-refractivity contribution in [1.82, 2.24) is 9.97 Å². The molecule has 1 saturated heterocycles. The third kappa shape index (κ3) is 4.68. The van der Waals surface area contributed by atoms with Gasteiger partial charge in [0, 0.05) is 19.2 Å². The minimum absolute atomic E-state index is 0.0177. The van der Waals surface area contributed by atoms with E-state index >= 15 is 0 Å². The third-order valence-electron chi connectivity index (χ3n) is 5.90. The summed E-state index contributed by atoms with van der Waals surface area (Å²) in [6.07, 6.45) is 1.89. The zero-order chi connectivity index (χ0) is 24.2. The summed E-state index contributed by atoms with van der Waals surface area (Å²) in [7, 11) is 0. The highest BCUT2D eigenvalue weighted by atomic mass is 16.6. The minimum Gasteiger partial charge on any atom is -0.507 e. The molecule has 10 nitrogen and oxygen atoms in total. The summed E-state index contributed by atoms with van der Waals surface area (Å²) in [5, 5.41) is 31.5. The van der Waals surface area contributed by atoms with Crippen molar-refractivity contribution in [2.75, 3.05) is 24.6 Å². The molecule has 3 aromatic rings. The van der Waals surface area contributed by atoms with Crippen LogP contribution in [0.2, 0.25) is 0 Å². The van der Waals surface area contributed by atoms with Gasteiger partial charge in [-0.1, -0.05) is 19.1 Å². The number of fused-ring (bicyclic) bond motifs is 1. The summed E-state index contributed by atoms with van der Waals surface area (Å²) in [5.74, 6) is -0.616. The number of rotatable bonds is 6. The number of anilines is 1. The Bertz CT molecular complexity index is 1280. The van der Waals surface area contributed by atoms with Crippen LogP contribution in [0.4, 0.5) is 11.4 Å². The average Bonchev–Trinajstić information content (AvgIpc) is 3.27. The molecule has 0 radical (unpaired) electrons. The van der Waals surface area contributed by atoms with Crippen LogP contribution >= 0.6 is 0 Å². The first-order valence-corrected chi connectivity index (χ1v) is 10.8. The van der Waals surface area contributed by atoms with Crippen LogP contribution in [0, 0.1) is 27.4 Å². The molecule has 0 saturated carbocycles. The first-order valence-electron chi connectivity index (χ1n) is 10.8. The number of nitrogens with zero attached hydrogens (tertiary/aromatic N) is 4. The van der Waals surface area contributed by atoms with Crippen LogP contribution in [-0.4, -0.2) is 45.7 Å². The third-order valence-corrected chi connectivity index (χ3v) is 5.90.